The van der Waals surface area contributed by atoms with Crippen molar-refractivity contribution < 1.29 is 4.79 Å². The normalized spacial score (nSPS) is 16.4. The molecule has 0 saturated carbocycles. The summed E-state index contributed by atoms with van der Waals surface area (Å²) in [5, 5.41) is 0. The Bertz CT molecular complexity index is 754. The summed E-state index contributed by atoms with van der Waals surface area (Å²) in [7, 11) is 0. The molecule has 1 saturated heterocycles. The number of rotatable bonds is 4. The molecule has 2 aromatic rings. The molecule has 0 bridgehead atoms. The van der Waals surface area contributed by atoms with Gasteiger partial charge in [0, 0.05) is 13.1 Å². The molecule has 0 atom stereocenters. The molecular weight excluding hydrogens is 324 g/mol. The first-order valence-electron chi connectivity index (χ1n) is 7.30. The molecule has 116 valence electrons. The van der Waals surface area contributed by atoms with Gasteiger partial charge in [0.2, 0.25) is 0 Å². The standard InChI is InChI=1S/C18H16N2OS2/c19-10-11-20-17(21)16(23-18(20)22)12-13-6-8-15(9-7-13)14-4-2-1-3-5-14/h1-9,12H,10-11,19H2/b16-12-. The van der Waals surface area contributed by atoms with Crippen LogP contribution < -0.4 is 5.73 Å². The van der Waals surface area contributed by atoms with Gasteiger partial charge in [-0.15, -0.1) is 0 Å². The molecule has 1 aliphatic heterocycles. The molecule has 0 unspecified atom stereocenters. The van der Waals surface area contributed by atoms with Crippen LogP contribution in [-0.4, -0.2) is 28.2 Å². The molecule has 0 aliphatic carbocycles. The molecule has 5 heteroatoms. The number of hydrogen-bond acceptors (Lipinski definition) is 4. The van der Waals surface area contributed by atoms with Crippen molar-refractivity contribution in [1.82, 2.24) is 4.90 Å². The van der Waals surface area contributed by atoms with Crippen molar-refractivity contribution in [2.75, 3.05) is 13.1 Å². The zero-order valence-electron chi connectivity index (χ0n) is 12.4. The molecule has 1 heterocycles. The maximum atomic E-state index is 12.3. The Morgan fingerprint density at radius 2 is 1.70 bits per heavy atom. The number of amides is 1. The molecule has 1 fully saturated rings. The van der Waals surface area contributed by atoms with Crippen LogP contribution in [0.1, 0.15) is 5.56 Å². The Labute approximate surface area is 145 Å². The monoisotopic (exact) mass is 340 g/mol. The first kappa shape index (κ1) is 15.9. The summed E-state index contributed by atoms with van der Waals surface area (Å²) in [6.07, 6.45) is 1.88. The van der Waals surface area contributed by atoms with Gasteiger partial charge >= 0.3 is 0 Å². The van der Waals surface area contributed by atoms with Gasteiger partial charge in [0.15, 0.2) is 0 Å². The fourth-order valence-electron chi connectivity index (χ4n) is 2.38. The Morgan fingerprint density at radius 1 is 1.04 bits per heavy atom. The van der Waals surface area contributed by atoms with Crippen LogP contribution in [0.2, 0.25) is 0 Å². The number of carbonyl (C=O) groups is 1. The van der Waals surface area contributed by atoms with E-state index in [1.54, 1.807) is 4.90 Å². The highest BCUT2D eigenvalue weighted by molar-refractivity contribution is 8.26. The minimum Gasteiger partial charge on any atom is -0.329 e. The quantitative estimate of drug-likeness (QED) is 0.683. The zero-order valence-corrected chi connectivity index (χ0v) is 14.1. The Morgan fingerprint density at radius 3 is 2.35 bits per heavy atom. The molecule has 2 aromatic carbocycles. The molecule has 3 rings (SSSR count). The number of thioether (sulfide) groups is 1. The van der Waals surface area contributed by atoms with Crippen LogP contribution in [-0.2, 0) is 4.79 Å². The van der Waals surface area contributed by atoms with Crippen LogP contribution in [0.4, 0.5) is 0 Å². The fraction of sp³-hybridized carbons (Fsp3) is 0.111. The molecular formula is C18H16N2OS2. The van der Waals surface area contributed by atoms with E-state index >= 15 is 0 Å². The van der Waals surface area contributed by atoms with Gasteiger partial charge in [-0.1, -0.05) is 78.6 Å². The fourth-order valence-corrected chi connectivity index (χ4v) is 3.68. The number of nitrogens with two attached hydrogens (primary N) is 1. The lowest BCUT2D eigenvalue weighted by Crippen LogP contribution is -2.32. The topological polar surface area (TPSA) is 46.3 Å². The van der Waals surface area contributed by atoms with E-state index in [-0.39, 0.29) is 5.91 Å². The molecule has 23 heavy (non-hydrogen) atoms. The van der Waals surface area contributed by atoms with Crippen molar-refractivity contribution in [3.63, 3.8) is 0 Å². The highest BCUT2D eigenvalue weighted by atomic mass is 32.2. The molecule has 0 radical (unpaired) electrons. The largest absolute Gasteiger partial charge is 0.329 e. The van der Waals surface area contributed by atoms with Crippen molar-refractivity contribution in [1.29, 1.82) is 0 Å². The lowest BCUT2D eigenvalue weighted by Gasteiger charge is -2.11. The Balaban J connectivity index is 1.81. The molecule has 0 aromatic heterocycles. The summed E-state index contributed by atoms with van der Waals surface area (Å²) in [5.41, 5.74) is 8.83. The van der Waals surface area contributed by atoms with Crippen LogP contribution >= 0.6 is 24.0 Å². The second kappa shape index (κ2) is 7.08. The van der Waals surface area contributed by atoms with Gasteiger partial charge in [-0.2, -0.15) is 0 Å². The SMILES string of the molecule is NCCN1C(=O)/C(=C/c2ccc(-c3ccccc3)cc2)SC1=S. The Hall–Kier alpha value is -1.95. The zero-order chi connectivity index (χ0) is 16.2. The second-order valence-electron chi connectivity index (χ2n) is 5.11. The van der Waals surface area contributed by atoms with Gasteiger partial charge in [-0.3, -0.25) is 9.69 Å². The van der Waals surface area contributed by atoms with Crippen molar-refractivity contribution in [3.8, 4) is 11.1 Å². The number of benzene rings is 2. The summed E-state index contributed by atoms with van der Waals surface area (Å²) >= 11 is 6.56. The van der Waals surface area contributed by atoms with E-state index in [2.05, 4.69) is 24.3 Å². The number of thiocarbonyl (C=S) groups is 1. The third-order valence-corrected chi connectivity index (χ3v) is 4.92. The second-order valence-corrected chi connectivity index (χ2v) is 6.79. The van der Waals surface area contributed by atoms with E-state index in [0.717, 1.165) is 11.1 Å². The third kappa shape index (κ3) is 3.52. The Kier molecular flexibility index (Phi) is 4.91. The highest BCUT2D eigenvalue weighted by Crippen LogP contribution is 2.32. The summed E-state index contributed by atoms with van der Waals surface area (Å²) in [6.45, 7) is 0.875. The predicted octanol–water partition coefficient (Wildman–Crippen LogP) is 3.51. The average Bonchev–Trinajstić information content (AvgIpc) is 2.84. The smallest absolute Gasteiger partial charge is 0.266 e. The van der Waals surface area contributed by atoms with Gasteiger partial charge in [0.25, 0.3) is 5.91 Å². The van der Waals surface area contributed by atoms with Gasteiger partial charge in [0.1, 0.15) is 4.32 Å². The first-order chi connectivity index (χ1) is 11.2. The number of carbonyl (C=O) groups excluding carboxylic acids is 1. The maximum absolute atomic E-state index is 12.3. The van der Waals surface area contributed by atoms with Crippen LogP contribution in [0.25, 0.3) is 17.2 Å². The number of hydrogen-bond donors (Lipinski definition) is 1. The van der Waals surface area contributed by atoms with Crippen LogP contribution in [0.3, 0.4) is 0 Å². The van der Waals surface area contributed by atoms with E-state index in [1.807, 2.05) is 36.4 Å². The minimum absolute atomic E-state index is 0.0578. The molecule has 0 spiro atoms. The average molecular weight is 340 g/mol. The van der Waals surface area contributed by atoms with E-state index < -0.39 is 0 Å². The van der Waals surface area contributed by atoms with Crippen LogP contribution in [0.15, 0.2) is 59.5 Å². The van der Waals surface area contributed by atoms with Gasteiger partial charge < -0.3 is 5.73 Å². The first-order valence-corrected chi connectivity index (χ1v) is 8.52. The van der Waals surface area contributed by atoms with Gasteiger partial charge in [-0.25, -0.2) is 0 Å². The van der Waals surface area contributed by atoms with Crippen molar-refractivity contribution >= 4 is 40.3 Å². The molecule has 2 N–H and O–H groups in total. The van der Waals surface area contributed by atoms with E-state index in [0.29, 0.717) is 22.3 Å². The van der Waals surface area contributed by atoms with Crippen molar-refractivity contribution in [2.24, 2.45) is 5.73 Å². The van der Waals surface area contributed by atoms with E-state index in [4.69, 9.17) is 18.0 Å². The number of nitrogens with zero attached hydrogens (tertiary/aromatic N) is 1. The summed E-state index contributed by atoms with van der Waals surface area (Å²) in [4.78, 5) is 14.5. The van der Waals surface area contributed by atoms with Crippen molar-refractivity contribution in [2.45, 2.75) is 0 Å². The van der Waals surface area contributed by atoms with E-state index in [1.165, 1.54) is 17.3 Å². The summed E-state index contributed by atoms with van der Waals surface area (Å²) < 4.78 is 0.576. The predicted molar refractivity (Wildman–Crippen MR) is 101 cm³/mol. The van der Waals surface area contributed by atoms with Crippen molar-refractivity contribution in [3.05, 3.63) is 65.1 Å². The van der Waals surface area contributed by atoms with Crippen LogP contribution in [0.5, 0.6) is 0 Å². The molecule has 1 aliphatic rings. The lowest BCUT2D eigenvalue weighted by atomic mass is 10.0. The summed E-state index contributed by atoms with van der Waals surface area (Å²) in [6, 6.07) is 18.3. The highest BCUT2D eigenvalue weighted by Gasteiger charge is 2.31. The third-order valence-electron chi connectivity index (χ3n) is 3.54. The lowest BCUT2D eigenvalue weighted by molar-refractivity contribution is -0.122. The molecule has 3 nitrogen and oxygen atoms in total. The van der Waals surface area contributed by atoms with Gasteiger partial charge in [0.05, 0.1) is 4.91 Å². The maximum Gasteiger partial charge on any atom is 0.266 e. The molecule has 1 amide bonds. The van der Waals surface area contributed by atoms with Crippen LogP contribution in [0, 0.1) is 0 Å². The van der Waals surface area contributed by atoms with Gasteiger partial charge in [-0.05, 0) is 22.8 Å². The minimum atomic E-state index is -0.0578. The summed E-state index contributed by atoms with van der Waals surface area (Å²) in [5.74, 6) is -0.0578. The van der Waals surface area contributed by atoms with E-state index in [9.17, 15) is 4.79 Å².